The molecule has 0 saturated carbocycles. The molecule has 3 nitrogen and oxygen atoms in total. The SMILES string of the molecule is C#CCCCNC(=O)N1CCCC1. The number of carbonyl (C=O) groups is 1. The summed E-state index contributed by atoms with van der Waals surface area (Å²) in [6, 6.07) is 0.0644. The Balaban J connectivity index is 2.07. The van der Waals surface area contributed by atoms with Crippen LogP contribution in [0, 0.1) is 12.3 Å². The van der Waals surface area contributed by atoms with Crippen molar-refractivity contribution in [3.63, 3.8) is 0 Å². The topological polar surface area (TPSA) is 32.3 Å². The van der Waals surface area contributed by atoms with Crippen molar-refractivity contribution in [2.45, 2.75) is 25.7 Å². The summed E-state index contributed by atoms with van der Waals surface area (Å²) in [5.74, 6) is 2.55. The Morgan fingerprint density at radius 3 is 2.77 bits per heavy atom. The Kier molecular flexibility index (Phi) is 4.17. The fraction of sp³-hybridized carbons (Fsp3) is 0.700. The van der Waals surface area contributed by atoms with Crippen LogP contribution in [0.15, 0.2) is 0 Å². The summed E-state index contributed by atoms with van der Waals surface area (Å²) in [6.45, 7) is 2.50. The van der Waals surface area contributed by atoms with Crippen molar-refractivity contribution < 1.29 is 4.79 Å². The summed E-state index contributed by atoms with van der Waals surface area (Å²) in [4.78, 5) is 13.2. The predicted octanol–water partition coefficient (Wildman–Crippen LogP) is 1.21. The van der Waals surface area contributed by atoms with E-state index in [4.69, 9.17) is 6.42 Å². The Bertz CT molecular complexity index is 201. The lowest BCUT2D eigenvalue weighted by Crippen LogP contribution is -2.38. The van der Waals surface area contributed by atoms with Crippen LogP contribution in [0.2, 0.25) is 0 Å². The monoisotopic (exact) mass is 180 g/mol. The third-order valence-electron chi connectivity index (χ3n) is 2.17. The third-order valence-corrected chi connectivity index (χ3v) is 2.17. The van der Waals surface area contributed by atoms with Gasteiger partial charge in [-0.2, -0.15) is 0 Å². The zero-order valence-electron chi connectivity index (χ0n) is 7.88. The summed E-state index contributed by atoms with van der Waals surface area (Å²) in [5.41, 5.74) is 0. The first-order valence-electron chi connectivity index (χ1n) is 4.81. The van der Waals surface area contributed by atoms with Gasteiger partial charge < -0.3 is 10.2 Å². The molecule has 0 aromatic carbocycles. The fourth-order valence-electron chi connectivity index (χ4n) is 1.42. The van der Waals surface area contributed by atoms with Gasteiger partial charge in [-0.15, -0.1) is 12.3 Å². The second-order valence-electron chi connectivity index (χ2n) is 3.23. The Morgan fingerprint density at radius 1 is 1.46 bits per heavy atom. The zero-order chi connectivity index (χ0) is 9.52. The second-order valence-corrected chi connectivity index (χ2v) is 3.23. The van der Waals surface area contributed by atoms with Gasteiger partial charge >= 0.3 is 6.03 Å². The molecule has 2 amide bonds. The van der Waals surface area contributed by atoms with Gasteiger partial charge in [0, 0.05) is 26.1 Å². The van der Waals surface area contributed by atoms with Gasteiger partial charge in [-0.05, 0) is 19.3 Å². The number of amides is 2. The fourth-order valence-corrected chi connectivity index (χ4v) is 1.42. The van der Waals surface area contributed by atoms with Crippen LogP contribution in [-0.2, 0) is 0 Å². The molecule has 0 bridgehead atoms. The maximum absolute atomic E-state index is 11.4. The lowest BCUT2D eigenvalue weighted by molar-refractivity contribution is 0.209. The lowest BCUT2D eigenvalue weighted by Gasteiger charge is -2.15. The minimum Gasteiger partial charge on any atom is -0.338 e. The average Bonchev–Trinajstić information content (AvgIpc) is 2.65. The van der Waals surface area contributed by atoms with Crippen LogP contribution in [0.4, 0.5) is 4.79 Å². The molecule has 3 heteroatoms. The largest absolute Gasteiger partial charge is 0.338 e. The van der Waals surface area contributed by atoms with Crippen molar-refractivity contribution in [1.82, 2.24) is 10.2 Å². The molecule has 0 aromatic rings. The summed E-state index contributed by atoms with van der Waals surface area (Å²) in [6.07, 6.45) is 8.98. The minimum absolute atomic E-state index is 0.0644. The van der Waals surface area contributed by atoms with Gasteiger partial charge in [0.25, 0.3) is 0 Å². The molecule has 13 heavy (non-hydrogen) atoms. The molecular formula is C10H16N2O. The first-order chi connectivity index (χ1) is 6.34. The van der Waals surface area contributed by atoms with E-state index in [2.05, 4.69) is 11.2 Å². The smallest absolute Gasteiger partial charge is 0.317 e. The van der Waals surface area contributed by atoms with Crippen LogP contribution in [-0.4, -0.2) is 30.6 Å². The van der Waals surface area contributed by atoms with Crippen LogP contribution in [0.1, 0.15) is 25.7 Å². The van der Waals surface area contributed by atoms with E-state index in [0.717, 1.165) is 38.8 Å². The van der Waals surface area contributed by atoms with Gasteiger partial charge in [0.15, 0.2) is 0 Å². The van der Waals surface area contributed by atoms with Crippen LogP contribution in [0.5, 0.6) is 0 Å². The minimum atomic E-state index is 0.0644. The number of hydrogen-bond acceptors (Lipinski definition) is 1. The first kappa shape index (κ1) is 9.91. The van der Waals surface area contributed by atoms with Gasteiger partial charge in [-0.1, -0.05) is 0 Å². The number of terminal acetylenes is 1. The standard InChI is InChI=1S/C10H16N2O/c1-2-3-4-7-11-10(13)12-8-5-6-9-12/h1H,3-9H2,(H,11,13). The molecule has 1 rings (SSSR count). The number of nitrogens with one attached hydrogen (secondary N) is 1. The molecule has 72 valence electrons. The number of likely N-dealkylation sites (tertiary alicyclic amines) is 1. The van der Waals surface area contributed by atoms with E-state index < -0.39 is 0 Å². The van der Waals surface area contributed by atoms with Crippen LogP contribution in [0.25, 0.3) is 0 Å². The van der Waals surface area contributed by atoms with Gasteiger partial charge in [-0.3, -0.25) is 0 Å². The number of rotatable bonds is 3. The molecule has 1 aliphatic heterocycles. The summed E-state index contributed by atoms with van der Waals surface area (Å²) in [7, 11) is 0. The average molecular weight is 180 g/mol. The highest BCUT2D eigenvalue weighted by Crippen LogP contribution is 2.06. The van der Waals surface area contributed by atoms with E-state index in [-0.39, 0.29) is 6.03 Å². The molecule has 0 spiro atoms. The van der Waals surface area contributed by atoms with E-state index in [1.807, 2.05) is 4.90 Å². The van der Waals surface area contributed by atoms with Crippen LogP contribution < -0.4 is 5.32 Å². The van der Waals surface area contributed by atoms with Crippen molar-refractivity contribution in [3.8, 4) is 12.3 Å². The summed E-state index contributed by atoms with van der Waals surface area (Å²) >= 11 is 0. The highest BCUT2D eigenvalue weighted by atomic mass is 16.2. The van der Waals surface area contributed by atoms with Crippen LogP contribution >= 0.6 is 0 Å². The van der Waals surface area contributed by atoms with Crippen molar-refractivity contribution in [2.24, 2.45) is 0 Å². The molecular weight excluding hydrogens is 164 g/mol. The molecule has 0 radical (unpaired) electrons. The highest BCUT2D eigenvalue weighted by Gasteiger charge is 2.16. The molecule has 1 aliphatic rings. The molecule has 0 unspecified atom stereocenters. The normalized spacial score (nSPS) is 15.5. The number of hydrogen-bond donors (Lipinski definition) is 1. The van der Waals surface area contributed by atoms with E-state index in [9.17, 15) is 4.79 Å². The maximum Gasteiger partial charge on any atom is 0.317 e. The third kappa shape index (κ3) is 3.37. The van der Waals surface area contributed by atoms with Crippen molar-refractivity contribution in [3.05, 3.63) is 0 Å². The van der Waals surface area contributed by atoms with Gasteiger partial charge in [0.05, 0.1) is 0 Å². The van der Waals surface area contributed by atoms with E-state index in [1.165, 1.54) is 0 Å². The molecule has 0 aliphatic carbocycles. The molecule has 1 heterocycles. The maximum atomic E-state index is 11.4. The Labute approximate surface area is 79.5 Å². The number of carbonyl (C=O) groups excluding carboxylic acids is 1. The number of unbranched alkanes of at least 4 members (excludes halogenated alkanes) is 1. The van der Waals surface area contributed by atoms with Gasteiger partial charge in [-0.25, -0.2) is 4.79 Å². The summed E-state index contributed by atoms with van der Waals surface area (Å²) < 4.78 is 0. The van der Waals surface area contributed by atoms with Gasteiger partial charge in [0.2, 0.25) is 0 Å². The predicted molar refractivity (Wildman–Crippen MR) is 52.3 cm³/mol. The Hall–Kier alpha value is -1.17. The van der Waals surface area contributed by atoms with Crippen molar-refractivity contribution in [2.75, 3.05) is 19.6 Å². The molecule has 1 fully saturated rings. The number of nitrogens with zero attached hydrogens (tertiary/aromatic N) is 1. The van der Waals surface area contributed by atoms with E-state index in [0.29, 0.717) is 6.54 Å². The van der Waals surface area contributed by atoms with Crippen molar-refractivity contribution in [1.29, 1.82) is 0 Å². The van der Waals surface area contributed by atoms with E-state index >= 15 is 0 Å². The zero-order valence-corrected chi connectivity index (χ0v) is 7.88. The Morgan fingerprint density at radius 2 is 2.15 bits per heavy atom. The highest BCUT2D eigenvalue weighted by molar-refractivity contribution is 5.74. The number of urea groups is 1. The van der Waals surface area contributed by atoms with Crippen LogP contribution in [0.3, 0.4) is 0 Å². The van der Waals surface area contributed by atoms with Crippen molar-refractivity contribution >= 4 is 6.03 Å². The molecule has 1 N–H and O–H groups in total. The summed E-state index contributed by atoms with van der Waals surface area (Å²) in [5, 5.41) is 2.85. The molecule has 0 atom stereocenters. The first-order valence-corrected chi connectivity index (χ1v) is 4.81. The van der Waals surface area contributed by atoms with E-state index in [1.54, 1.807) is 0 Å². The van der Waals surface area contributed by atoms with Gasteiger partial charge in [0.1, 0.15) is 0 Å². The molecule has 0 aromatic heterocycles. The second kappa shape index (κ2) is 5.47. The molecule has 1 saturated heterocycles. The quantitative estimate of drug-likeness (QED) is 0.514. The lowest BCUT2D eigenvalue weighted by atomic mass is 10.3.